The van der Waals surface area contributed by atoms with Gasteiger partial charge in [0.2, 0.25) is 0 Å². The third kappa shape index (κ3) is 2.15. The molecule has 1 aliphatic rings. The summed E-state index contributed by atoms with van der Waals surface area (Å²) in [5, 5.41) is 0. The van der Waals surface area contributed by atoms with Crippen molar-refractivity contribution in [1.82, 2.24) is 0 Å². The van der Waals surface area contributed by atoms with Gasteiger partial charge in [-0.2, -0.15) is 0 Å². The Kier molecular flexibility index (Phi) is 2.52. The van der Waals surface area contributed by atoms with Crippen molar-refractivity contribution in [3.8, 4) is 0 Å². The molecule has 0 saturated carbocycles. The molecule has 3 nitrogen and oxygen atoms in total. The van der Waals surface area contributed by atoms with Crippen molar-refractivity contribution >= 4 is 0 Å². The average molecular weight is 160 g/mol. The second-order valence-electron chi connectivity index (χ2n) is 3.33. The lowest BCUT2D eigenvalue weighted by atomic mass is 10.2. The van der Waals surface area contributed by atoms with E-state index in [2.05, 4.69) is 0 Å². The molecule has 1 fully saturated rings. The standard InChI is InChI=1S/C8H16O3/c1-6-7(5-9-4)11-8(2,3)10-6/h6-7H,5H2,1-4H3/t6?,7-/m1/s1. The van der Waals surface area contributed by atoms with Crippen LogP contribution in [0.4, 0.5) is 0 Å². The topological polar surface area (TPSA) is 27.7 Å². The van der Waals surface area contributed by atoms with Crippen molar-refractivity contribution in [2.24, 2.45) is 0 Å². The molecule has 0 bridgehead atoms. The number of hydrogen-bond acceptors (Lipinski definition) is 3. The van der Waals surface area contributed by atoms with Crippen LogP contribution in [0.3, 0.4) is 0 Å². The number of hydrogen-bond donors (Lipinski definition) is 0. The summed E-state index contributed by atoms with van der Waals surface area (Å²) in [6.45, 7) is 6.43. The van der Waals surface area contributed by atoms with E-state index in [0.717, 1.165) is 0 Å². The van der Waals surface area contributed by atoms with Crippen LogP contribution in [-0.4, -0.2) is 31.7 Å². The second kappa shape index (κ2) is 3.09. The summed E-state index contributed by atoms with van der Waals surface area (Å²) in [5.74, 6) is -0.442. The van der Waals surface area contributed by atoms with Crippen LogP contribution in [0.2, 0.25) is 0 Å². The van der Waals surface area contributed by atoms with Gasteiger partial charge in [-0.25, -0.2) is 0 Å². The summed E-state index contributed by atoms with van der Waals surface area (Å²) in [5.41, 5.74) is 0. The molecule has 0 aromatic rings. The van der Waals surface area contributed by atoms with Crippen LogP contribution < -0.4 is 0 Å². The Morgan fingerprint density at radius 3 is 2.36 bits per heavy atom. The molecule has 1 aliphatic heterocycles. The van der Waals surface area contributed by atoms with Crippen molar-refractivity contribution in [3.63, 3.8) is 0 Å². The molecule has 0 spiro atoms. The first kappa shape index (κ1) is 8.97. The quantitative estimate of drug-likeness (QED) is 0.607. The van der Waals surface area contributed by atoms with Crippen molar-refractivity contribution in [3.05, 3.63) is 0 Å². The Labute approximate surface area is 67.6 Å². The number of ether oxygens (including phenoxy) is 3. The van der Waals surface area contributed by atoms with E-state index >= 15 is 0 Å². The molecule has 0 aromatic heterocycles. The molecular formula is C8H16O3. The van der Waals surface area contributed by atoms with Crippen LogP contribution in [0.5, 0.6) is 0 Å². The monoisotopic (exact) mass is 160 g/mol. The predicted molar refractivity (Wildman–Crippen MR) is 41.4 cm³/mol. The zero-order valence-corrected chi connectivity index (χ0v) is 7.59. The molecule has 0 radical (unpaired) electrons. The Morgan fingerprint density at radius 2 is 2.00 bits per heavy atom. The molecule has 0 aromatic carbocycles. The van der Waals surface area contributed by atoms with Crippen molar-refractivity contribution in [2.45, 2.75) is 38.8 Å². The largest absolute Gasteiger partial charge is 0.382 e. The molecule has 3 heteroatoms. The summed E-state index contributed by atoms with van der Waals surface area (Å²) < 4.78 is 16.1. The minimum atomic E-state index is -0.442. The average Bonchev–Trinajstić information content (AvgIpc) is 2.07. The van der Waals surface area contributed by atoms with Gasteiger partial charge in [0.05, 0.1) is 12.7 Å². The molecule has 1 heterocycles. The summed E-state index contributed by atoms with van der Waals surface area (Å²) in [4.78, 5) is 0. The Hall–Kier alpha value is -0.120. The number of methoxy groups -OCH3 is 1. The van der Waals surface area contributed by atoms with Crippen molar-refractivity contribution < 1.29 is 14.2 Å². The molecule has 1 unspecified atom stereocenters. The highest BCUT2D eigenvalue weighted by Crippen LogP contribution is 2.27. The van der Waals surface area contributed by atoms with E-state index in [4.69, 9.17) is 14.2 Å². The molecule has 1 saturated heterocycles. The van der Waals surface area contributed by atoms with Gasteiger partial charge in [-0.15, -0.1) is 0 Å². The smallest absolute Gasteiger partial charge is 0.163 e. The molecule has 0 amide bonds. The highest BCUT2D eigenvalue weighted by Gasteiger charge is 2.38. The molecule has 1 rings (SSSR count). The molecule has 66 valence electrons. The predicted octanol–water partition coefficient (Wildman–Crippen LogP) is 1.17. The maximum Gasteiger partial charge on any atom is 0.163 e. The van der Waals surface area contributed by atoms with Gasteiger partial charge in [-0.3, -0.25) is 0 Å². The van der Waals surface area contributed by atoms with Gasteiger partial charge < -0.3 is 14.2 Å². The fourth-order valence-electron chi connectivity index (χ4n) is 1.35. The maximum absolute atomic E-state index is 5.55. The fourth-order valence-corrected chi connectivity index (χ4v) is 1.35. The van der Waals surface area contributed by atoms with Gasteiger partial charge in [0.1, 0.15) is 6.10 Å². The lowest BCUT2D eigenvalue weighted by molar-refractivity contribution is -0.148. The van der Waals surface area contributed by atoms with E-state index < -0.39 is 5.79 Å². The van der Waals surface area contributed by atoms with Crippen molar-refractivity contribution in [1.29, 1.82) is 0 Å². The van der Waals surface area contributed by atoms with Crippen LogP contribution in [-0.2, 0) is 14.2 Å². The van der Waals surface area contributed by atoms with E-state index in [1.54, 1.807) is 7.11 Å². The van der Waals surface area contributed by atoms with E-state index in [-0.39, 0.29) is 12.2 Å². The lowest BCUT2D eigenvalue weighted by Gasteiger charge is -2.16. The third-order valence-electron chi connectivity index (χ3n) is 1.76. The van der Waals surface area contributed by atoms with Gasteiger partial charge in [0.25, 0.3) is 0 Å². The second-order valence-corrected chi connectivity index (χ2v) is 3.33. The van der Waals surface area contributed by atoms with Gasteiger partial charge in [0, 0.05) is 7.11 Å². The van der Waals surface area contributed by atoms with Crippen LogP contribution in [0.25, 0.3) is 0 Å². The van der Waals surface area contributed by atoms with Gasteiger partial charge in [-0.1, -0.05) is 0 Å². The SMILES string of the molecule is COC[C@H]1OC(C)(C)OC1C. The summed E-state index contributed by atoms with van der Waals surface area (Å²) >= 11 is 0. The highest BCUT2D eigenvalue weighted by atomic mass is 16.8. The van der Waals surface area contributed by atoms with Crippen LogP contribution >= 0.6 is 0 Å². The normalized spacial score (nSPS) is 36.0. The molecule has 11 heavy (non-hydrogen) atoms. The zero-order chi connectivity index (χ0) is 8.48. The zero-order valence-electron chi connectivity index (χ0n) is 7.59. The first-order chi connectivity index (χ1) is 5.05. The minimum Gasteiger partial charge on any atom is -0.382 e. The van der Waals surface area contributed by atoms with Gasteiger partial charge in [0.15, 0.2) is 5.79 Å². The van der Waals surface area contributed by atoms with E-state index in [1.807, 2.05) is 20.8 Å². The van der Waals surface area contributed by atoms with E-state index in [0.29, 0.717) is 6.61 Å². The summed E-state index contributed by atoms with van der Waals surface area (Å²) in [7, 11) is 1.67. The fraction of sp³-hybridized carbons (Fsp3) is 1.00. The van der Waals surface area contributed by atoms with Crippen LogP contribution in [0.1, 0.15) is 20.8 Å². The van der Waals surface area contributed by atoms with E-state index in [1.165, 1.54) is 0 Å². The first-order valence-electron chi connectivity index (χ1n) is 3.90. The highest BCUT2D eigenvalue weighted by molar-refractivity contribution is 4.77. The number of rotatable bonds is 2. The van der Waals surface area contributed by atoms with E-state index in [9.17, 15) is 0 Å². The Balaban J connectivity index is 2.45. The van der Waals surface area contributed by atoms with Crippen molar-refractivity contribution in [2.75, 3.05) is 13.7 Å². The minimum absolute atomic E-state index is 0.0787. The summed E-state index contributed by atoms with van der Waals surface area (Å²) in [6, 6.07) is 0. The van der Waals surface area contributed by atoms with Gasteiger partial charge in [-0.05, 0) is 20.8 Å². The van der Waals surface area contributed by atoms with Crippen LogP contribution in [0.15, 0.2) is 0 Å². The molecule has 0 aliphatic carbocycles. The summed E-state index contributed by atoms with van der Waals surface area (Å²) in [6.07, 6.45) is 0.208. The third-order valence-corrected chi connectivity index (χ3v) is 1.76. The van der Waals surface area contributed by atoms with Gasteiger partial charge >= 0.3 is 0 Å². The molecule has 2 atom stereocenters. The Morgan fingerprint density at radius 1 is 1.36 bits per heavy atom. The van der Waals surface area contributed by atoms with Crippen LogP contribution in [0, 0.1) is 0 Å². The molecular weight excluding hydrogens is 144 g/mol. The molecule has 0 N–H and O–H groups in total. The first-order valence-corrected chi connectivity index (χ1v) is 3.90. The Bertz CT molecular complexity index is 133. The lowest BCUT2D eigenvalue weighted by Crippen LogP contribution is -2.25. The maximum atomic E-state index is 5.55.